The van der Waals surface area contributed by atoms with Gasteiger partial charge in [-0.05, 0) is 25.1 Å². The van der Waals surface area contributed by atoms with Crippen molar-refractivity contribution in [3.8, 4) is 0 Å². The predicted octanol–water partition coefficient (Wildman–Crippen LogP) is 2.01. The molecule has 2 amide bonds. The largest absolute Gasteiger partial charge is 0.410 e. The summed E-state index contributed by atoms with van der Waals surface area (Å²) in [5, 5.41) is 12.1. The topological polar surface area (TPSA) is 114 Å². The SMILES string of the molecule is C[C@H](NC(=O)Nc1cccc(Cl)c1)c1nnc(S(C)(=O)=O)o1. The van der Waals surface area contributed by atoms with E-state index in [2.05, 4.69) is 20.8 Å². The molecular formula is C12H13ClN4O4S. The Kier molecular flexibility index (Phi) is 4.67. The number of carbonyl (C=O) groups excluding carboxylic acids is 1. The summed E-state index contributed by atoms with van der Waals surface area (Å²) >= 11 is 5.81. The van der Waals surface area contributed by atoms with Gasteiger partial charge in [-0.25, -0.2) is 13.2 Å². The van der Waals surface area contributed by atoms with Gasteiger partial charge in [-0.15, -0.1) is 5.10 Å². The maximum atomic E-state index is 11.8. The van der Waals surface area contributed by atoms with E-state index in [-0.39, 0.29) is 5.89 Å². The van der Waals surface area contributed by atoms with Crippen LogP contribution in [0.25, 0.3) is 0 Å². The van der Waals surface area contributed by atoms with Gasteiger partial charge in [0.2, 0.25) is 15.7 Å². The summed E-state index contributed by atoms with van der Waals surface area (Å²) in [5.41, 5.74) is 0.513. The van der Waals surface area contributed by atoms with E-state index < -0.39 is 27.1 Å². The normalized spacial score (nSPS) is 12.7. The summed E-state index contributed by atoms with van der Waals surface area (Å²) in [4.78, 5) is 11.8. The van der Waals surface area contributed by atoms with E-state index in [1.165, 1.54) is 0 Å². The number of hydrogen-bond donors (Lipinski definition) is 2. The van der Waals surface area contributed by atoms with Gasteiger partial charge in [0.1, 0.15) is 6.04 Å². The molecule has 0 radical (unpaired) electrons. The maximum absolute atomic E-state index is 11.8. The van der Waals surface area contributed by atoms with Gasteiger partial charge in [0, 0.05) is 17.0 Å². The van der Waals surface area contributed by atoms with Crippen LogP contribution < -0.4 is 10.6 Å². The highest BCUT2D eigenvalue weighted by molar-refractivity contribution is 7.90. The van der Waals surface area contributed by atoms with E-state index in [1.54, 1.807) is 31.2 Å². The van der Waals surface area contributed by atoms with Crippen LogP contribution in [0.4, 0.5) is 10.5 Å². The predicted molar refractivity (Wildman–Crippen MR) is 79.4 cm³/mol. The monoisotopic (exact) mass is 344 g/mol. The van der Waals surface area contributed by atoms with Gasteiger partial charge in [0.15, 0.2) is 0 Å². The highest BCUT2D eigenvalue weighted by Gasteiger charge is 2.21. The van der Waals surface area contributed by atoms with E-state index >= 15 is 0 Å². The Morgan fingerprint density at radius 1 is 1.36 bits per heavy atom. The van der Waals surface area contributed by atoms with Crippen molar-refractivity contribution in [2.24, 2.45) is 0 Å². The number of aromatic nitrogens is 2. The highest BCUT2D eigenvalue weighted by atomic mass is 35.5. The minimum absolute atomic E-state index is 0.0123. The molecule has 0 bridgehead atoms. The van der Waals surface area contributed by atoms with Crippen LogP contribution in [0.3, 0.4) is 0 Å². The molecule has 1 atom stereocenters. The highest BCUT2D eigenvalue weighted by Crippen LogP contribution is 2.16. The summed E-state index contributed by atoms with van der Waals surface area (Å²) in [7, 11) is -3.58. The van der Waals surface area contributed by atoms with Gasteiger partial charge >= 0.3 is 11.3 Å². The lowest BCUT2D eigenvalue weighted by Crippen LogP contribution is -2.31. The van der Waals surface area contributed by atoms with Crippen molar-refractivity contribution in [1.82, 2.24) is 15.5 Å². The molecule has 8 nitrogen and oxygen atoms in total. The van der Waals surface area contributed by atoms with Crippen LogP contribution in [-0.2, 0) is 9.84 Å². The molecule has 0 saturated heterocycles. The molecule has 0 aliphatic rings. The van der Waals surface area contributed by atoms with Gasteiger partial charge in [-0.3, -0.25) is 0 Å². The van der Waals surface area contributed by atoms with E-state index in [0.717, 1.165) is 6.26 Å². The Hall–Kier alpha value is -2.13. The molecule has 0 fully saturated rings. The first kappa shape index (κ1) is 16.2. The lowest BCUT2D eigenvalue weighted by Gasteiger charge is -2.11. The maximum Gasteiger partial charge on any atom is 0.335 e. The van der Waals surface area contributed by atoms with Crippen LogP contribution in [0.1, 0.15) is 18.9 Å². The lowest BCUT2D eigenvalue weighted by atomic mass is 10.3. The smallest absolute Gasteiger partial charge is 0.335 e. The van der Waals surface area contributed by atoms with E-state index in [4.69, 9.17) is 16.0 Å². The van der Waals surface area contributed by atoms with Crippen molar-refractivity contribution in [3.05, 3.63) is 35.2 Å². The van der Waals surface area contributed by atoms with E-state index in [9.17, 15) is 13.2 Å². The number of hydrogen-bond acceptors (Lipinski definition) is 6. The van der Waals surface area contributed by atoms with Gasteiger partial charge in [-0.1, -0.05) is 22.8 Å². The van der Waals surface area contributed by atoms with Crippen LogP contribution in [0.2, 0.25) is 5.02 Å². The summed E-state index contributed by atoms with van der Waals surface area (Å²) in [6.45, 7) is 1.58. The molecule has 2 aromatic rings. The van der Waals surface area contributed by atoms with Crippen molar-refractivity contribution in [3.63, 3.8) is 0 Å². The zero-order valence-electron chi connectivity index (χ0n) is 11.7. The number of urea groups is 1. The molecule has 10 heteroatoms. The van der Waals surface area contributed by atoms with Crippen LogP contribution in [0.5, 0.6) is 0 Å². The second-order valence-corrected chi connectivity index (χ2v) is 6.84. The fraction of sp³-hybridized carbons (Fsp3) is 0.250. The number of nitrogens with zero attached hydrogens (tertiary/aromatic N) is 2. The molecule has 1 heterocycles. The minimum Gasteiger partial charge on any atom is -0.410 e. The fourth-order valence-corrected chi connectivity index (χ4v) is 2.15. The van der Waals surface area contributed by atoms with Gasteiger partial charge in [0.25, 0.3) is 0 Å². The van der Waals surface area contributed by atoms with Crippen molar-refractivity contribution in [1.29, 1.82) is 0 Å². The Morgan fingerprint density at radius 2 is 2.09 bits per heavy atom. The second-order valence-electron chi connectivity index (χ2n) is 4.51. The Morgan fingerprint density at radius 3 is 2.68 bits per heavy atom. The number of sulfone groups is 1. The van der Waals surface area contributed by atoms with Crippen LogP contribution in [0, 0.1) is 0 Å². The van der Waals surface area contributed by atoms with Crippen LogP contribution >= 0.6 is 11.6 Å². The first-order chi connectivity index (χ1) is 10.3. The van der Waals surface area contributed by atoms with Crippen molar-refractivity contribution in [2.75, 3.05) is 11.6 Å². The average Bonchev–Trinajstić information content (AvgIpc) is 2.87. The number of benzene rings is 1. The fourth-order valence-electron chi connectivity index (χ4n) is 1.54. The third-order valence-corrected chi connectivity index (χ3v) is 3.57. The number of halogens is 1. The quantitative estimate of drug-likeness (QED) is 0.876. The van der Waals surface area contributed by atoms with Gasteiger partial charge in [0.05, 0.1) is 0 Å². The van der Waals surface area contributed by atoms with Gasteiger partial charge in [-0.2, -0.15) is 0 Å². The zero-order chi connectivity index (χ0) is 16.3. The Balaban J connectivity index is 2.01. The summed E-state index contributed by atoms with van der Waals surface area (Å²) in [6, 6.07) is 5.44. The molecular weight excluding hydrogens is 332 g/mol. The summed E-state index contributed by atoms with van der Waals surface area (Å²) < 4.78 is 27.5. The lowest BCUT2D eigenvalue weighted by molar-refractivity contribution is 0.246. The van der Waals surface area contributed by atoms with Crippen molar-refractivity contribution < 1.29 is 17.6 Å². The first-order valence-corrected chi connectivity index (χ1v) is 8.39. The minimum atomic E-state index is -3.58. The number of carbonyl (C=O) groups is 1. The summed E-state index contributed by atoms with van der Waals surface area (Å²) in [5.74, 6) is -0.0123. The molecule has 0 saturated carbocycles. The number of amides is 2. The van der Waals surface area contributed by atoms with E-state index in [0.29, 0.717) is 10.7 Å². The molecule has 0 spiro atoms. The number of anilines is 1. The second kappa shape index (κ2) is 6.32. The molecule has 0 unspecified atom stereocenters. The molecule has 22 heavy (non-hydrogen) atoms. The molecule has 0 aliphatic heterocycles. The van der Waals surface area contributed by atoms with Crippen molar-refractivity contribution >= 4 is 33.2 Å². The molecule has 0 aliphatic carbocycles. The Bertz CT molecular complexity index is 790. The van der Waals surface area contributed by atoms with Gasteiger partial charge < -0.3 is 15.1 Å². The molecule has 2 N–H and O–H groups in total. The number of nitrogens with one attached hydrogen (secondary N) is 2. The van der Waals surface area contributed by atoms with Crippen LogP contribution in [0.15, 0.2) is 33.9 Å². The zero-order valence-corrected chi connectivity index (χ0v) is 13.3. The standard InChI is InChI=1S/C12H13ClN4O4S/c1-7(10-16-17-12(21-10)22(2,19)20)14-11(18)15-9-5-3-4-8(13)6-9/h3-7H,1-2H3,(H2,14,15,18)/t7-/m0/s1. The molecule has 2 rings (SSSR count). The summed E-state index contributed by atoms with van der Waals surface area (Å²) in [6.07, 6.45) is 0.953. The molecule has 118 valence electrons. The van der Waals surface area contributed by atoms with Crippen LogP contribution in [-0.4, -0.2) is 30.9 Å². The third-order valence-electron chi connectivity index (χ3n) is 2.54. The Labute approximate surface area is 131 Å². The van der Waals surface area contributed by atoms with Crippen molar-refractivity contribution in [2.45, 2.75) is 18.2 Å². The van der Waals surface area contributed by atoms with E-state index in [1.807, 2.05) is 0 Å². The molecule has 1 aromatic heterocycles. The third kappa shape index (κ3) is 4.18. The average molecular weight is 345 g/mol. The number of rotatable bonds is 4. The molecule has 1 aromatic carbocycles. The first-order valence-electron chi connectivity index (χ1n) is 6.12.